The van der Waals surface area contributed by atoms with Crippen LogP contribution < -0.4 is 15.4 Å². The second-order valence-corrected chi connectivity index (χ2v) is 6.23. The third kappa shape index (κ3) is 5.95. The summed E-state index contributed by atoms with van der Waals surface area (Å²) in [6.07, 6.45) is 0. The molecule has 0 aliphatic rings. The van der Waals surface area contributed by atoms with E-state index in [4.69, 9.17) is 4.74 Å². The largest absolute Gasteiger partial charge is 0.531 e. The Bertz CT molecular complexity index is 1090. The number of halogens is 4. The van der Waals surface area contributed by atoms with Crippen molar-refractivity contribution in [2.45, 2.75) is 6.92 Å². The van der Waals surface area contributed by atoms with E-state index in [1.807, 2.05) is 19.1 Å². The maximum atomic E-state index is 13.7. The Morgan fingerprint density at radius 2 is 1.74 bits per heavy atom. The van der Waals surface area contributed by atoms with Gasteiger partial charge in [0, 0.05) is 38.5 Å². The molecule has 3 aromatic carbocycles. The van der Waals surface area contributed by atoms with E-state index in [0.29, 0.717) is 5.75 Å². The van der Waals surface area contributed by atoms with E-state index in [2.05, 4.69) is 16.7 Å². The number of ether oxygens (including phenoxy) is 1. The zero-order valence-corrected chi connectivity index (χ0v) is 18.9. The molecule has 0 aliphatic heterocycles. The second kappa shape index (κ2) is 10.6. The third-order valence-corrected chi connectivity index (χ3v) is 4.05. The molecule has 0 bridgehead atoms. The molecule has 3 rings (SSSR count). The molecule has 1 amide bonds. The molecule has 0 fully saturated rings. The van der Waals surface area contributed by atoms with Crippen LogP contribution in [0.1, 0.15) is 15.9 Å². The van der Waals surface area contributed by atoms with Crippen molar-refractivity contribution in [1.82, 2.24) is 0 Å². The number of anilines is 2. The Kier molecular flexibility index (Phi) is 8.41. The van der Waals surface area contributed by atoms with Gasteiger partial charge in [-0.25, -0.2) is 17.6 Å². The molecule has 0 aromatic heterocycles. The topological polar surface area (TPSA) is 70.6 Å². The van der Waals surface area contributed by atoms with Crippen LogP contribution in [0.4, 0.5) is 28.9 Å². The predicted octanol–water partition coefficient (Wildman–Crippen LogP) is 4.76. The van der Waals surface area contributed by atoms with Gasteiger partial charge in [0.2, 0.25) is 0 Å². The number of nitrogens with one attached hydrogen (secondary N) is 2. The van der Waals surface area contributed by atoms with Gasteiger partial charge in [-0.2, -0.15) is 6.07 Å². The Hall–Kier alpha value is -2.65. The van der Waals surface area contributed by atoms with Crippen molar-refractivity contribution in [2.75, 3.05) is 17.4 Å². The van der Waals surface area contributed by atoms with Crippen LogP contribution in [0.2, 0.25) is 0 Å². The molecule has 0 aliphatic carbocycles. The number of benzene rings is 3. The first-order valence-electron chi connectivity index (χ1n) is 8.58. The Morgan fingerprint density at radius 3 is 2.39 bits per heavy atom. The third-order valence-electron chi connectivity index (χ3n) is 4.05. The van der Waals surface area contributed by atoms with Gasteiger partial charge < -0.3 is 20.5 Å². The van der Waals surface area contributed by atoms with Crippen molar-refractivity contribution >= 4 is 17.3 Å². The summed E-state index contributed by atoms with van der Waals surface area (Å²) in [6.45, 7) is 1.96. The zero-order valence-electron chi connectivity index (χ0n) is 16.1. The number of phenolic OH excluding ortho intramolecular Hbond substituents is 1. The molecular formula is C21H15F4N2O3Y-. The maximum Gasteiger partial charge on any atom is 0.257 e. The molecule has 5 nitrogen and oxygen atoms in total. The maximum absolute atomic E-state index is 13.7. The molecule has 3 N–H and O–H groups in total. The average molecular weight is 508 g/mol. The predicted molar refractivity (Wildman–Crippen MR) is 101 cm³/mol. The van der Waals surface area contributed by atoms with E-state index in [1.54, 1.807) is 12.1 Å². The summed E-state index contributed by atoms with van der Waals surface area (Å²) in [4.78, 5) is 12.1. The first kappa shape index (κ1) is 24.6. The monoisotopic (exact) mass is 508 g/mol. The van der Waals surface area contributed by atoms with Gasteiger partial charge in [0.1, 0.15) is 12.5 Å². The summed E-state index contributed by atoms with van der Waals surface area (Å²) in [7, 11) is 0. The van der Waals surface area contributed by atoms with Gasteiger partial charge in [-0.05, 0) is 30.8 Å². The van der Waals surface area contributed by atoms with Crippen molar-refractivity contribution in [2.24, 2.45) is 0 Å². The number of hydrogen-bond donors (Lipinski definition) is 3. The van der Waals surface area contributed by atoms with Crippen LogP contribution >= 0.6 is 0 Å². The zero-order chi connectivity index (χ0) is 21.8. The molecule has 0 saturated carbocycles. The fraction of sp³-hybridized carbons (Fsp3) is 0.0952. The summed E-state index contributed by atoms with van der Waals surface area (Å²) in [5.74, 6) is -8.59. The molecule has 0 unspecified atom stereocenters. The second-order valence-electron chi connectivity index (χ2n) is 6.23. The molecular weight excluding hydrogens is 493 g/mol. The van der Waals surface area contributed by atoms with Gasteiger partial charge in [-0.1, -0.05) is 23.4 Å². The number of amides is 1. The molecule has 1 radical (unpaired) electrons. The fourth-order valence-corrected chi connectivity index (χ4v) is 2.45. The van der Waals surface area contributed by atoms with E-state index in [1.165, 1.54) is 6.07 Å². The van der Waals surface area contributed by atoms with Gasteiger partial charge in [-0.3, -0.25) is 4.79 Å². The van der Waals surface area contributed by atoms with Gasteiger partial charge in [0.25, 0.3) is 5.91 Å². The minimum atomic E-state index is -2.10. The first-order chi connectivity index (χ1) is 14.3. The normalized spacial score (nSPS) is 10.2. The summed E-state index contributed by atoms with van der Waals surface area (Å²) in [6, 6.07) is 12.5. The molecule has 0 heterocycles. The Labute approximate surface area is 200 Å². The van der Waals surface area contributed by atoms with Crippen molar-refractivity contribution in [3.05, 3.63) is 82.9 Å². The van der Waals surface area contributed by atoms with Crippen LogP contribution in [0.3, 0.4) is 0 Å². The van der Waals surface area contributed by atoms with Crippen molar-refractivity contribution in [1.29, 1.82) is 0 Å². The molecule has 10 heteroatoms. The number of carbonyl (C=O) groups excluding carboxylic acids is 1. The summed E-state index contributed by atoms with van der Waals surface area (Å²) in [5.41, 5.74) is 0.163. The standard InChI is InChI=1S/C21H15F4N2O3.Y/c1-11-2-5-13(6-3-11)30-10-26-16-7-4-12(8-17(16)28)27-21(29)14-9-15(22)19(24)20(25)18(14)23;/h2-3,5-9,26,28H,10H2,1H3,(H,27,29);/q-1;. The van der Waals surface area contributed by atoms with Crippen LogP contribution in [0.5, 0.6) is 11.5 Å². The molecule has 0 spiro atoms. The summed E-state index contributed by atoms with van der Waals surface area (Å²) in [5, 5.41) is 15.0. The van der Waals surface area contributed by atoms with E-state index >= 15 is 0 Å². The first-order valence-corrected chi connectivity index (χ1v) is 8.58. The van der Waals surface area contributed by atoms with Gasteiger partial charge in [0.15, 0.2) is 23.3 Å². The van der Waals surface area contributed by atoms with Crippen LogP contribution in [0, 0.1) is 36.3 Å². The molecule has 0 saturated heterocycles. The van der Waals surface area contributed by atoms with E-state index in [9.17, 15) is 27.5 Å². The molecule has 159 valence electrons. The number of rotatable bonds is 6. The van der Waals surface area contributed by atoms with E-state index in [-0.39, 0.29) is 62.6 Å². The molecule has 3 aromatic rings. The van der Waals surface area contributed by atoms with Crippen molar-refractivity contribution in [3.8, 4) is 11.5 Å². The van der Waals surface area contributed by atoms with E-state index < -0.39 is 34.7 Å². The number of phenols is 1. The van der Waals surface area contributed by atoms with Crippen molar-refractivity contribution in [3.63, 3.8) is 0 Å². The Morgan fingerprint density at radius 1 is 1.06 bits per heavy atom. The smallest absolute Gasteiger partial charge is 0.257 e. The van der Waals surface area contributed by atoms with Crippen LogP contribution in [-0.4, -0.2) is 17.7 Å². The van der Waals surface area contributed by atoms with Crippen molar-refractivity contribution < 1.29 is 64.9 Å². The SMILES string of the molecule is Cc1ccc(OCNc2c[c-]c(NC(=O)c3cc(F)c(F)c(F)c3F)cc2O)cc1.[Y]. The number of aromatic hydroxyl groups is 1. The summed E-state index contributed by atoms with van der Waals surface area (Å²) >= 11 is 0. The van der Waals surface area contributed by atoms with Crippen LogP contribution in [0.15, 0.2) is 42.5 Å². The fourth-order valence-electron chi connectivity index (χ4n) is 2.45. The minimum Gasteiger partial charge on any atom is -0.531 e. The summed E-state index contributed by atoms with van der Waals surface area (Å²) < 4.78 is 58.8. The Balaban J connectivity index is 0.00000341. The van der Waals surface area contributed by atoms with Gasteiger partial charge in [-0.15, -0.1) is 12.1 Å². The number of aryl methyl sites for hydroxylation is 1. The molecule has 0 atom stereocenters. The number of hydrogen-bond acceptors (Lipinski definition) is 4. The average Bonchev–Trinajstić information content (AvgIpc) is 2.72. The minimum absolute atomic E-state index is 0. The van der Waals surface area contributed by atoms with Gasteiger partial charge >= 0.3 is 0 Å². The van der Waals surface area contributed by atoms with Crippen LogP contribution in [0.25, 0.3) is 0 Å². The van der Waals surface area contributed by atoms with E-state index in [0.717, 1.165) is 11.6 Å². The quantitative estimate of drug-likeness (QED) is 0.112. The van der Waals surface area contributed by atoms with Crippen LogP contribution in [-0.2, 0) is 32.7 Å². The molecule has 31 heavy (non-hydrogen) atoms. The number of carbonyl (C=O) groups is 1. The van der Waals surface area contributed by atoms with Gasteiger partial charge in [0.05, 0.1) is 5.56 Å².